The number of ether oxygens (including phenoxy) is 1. The first-order valence-corrected chi connectivity index (χ1v) is 10.3. The van der Waals surface area contributed by atoms with Gasteiger partial charge in [0.15, 0.2) is 5.66 Å². The van der Waals surface area contributed by atoms with Crippen LogP contribution in [-0.4, -0.2) is 41.7 Å². The van der Waals surface area contributed by atoms with Crippen LogP contribution in [0.15, 0.2) is 0 Å². The smallest absolute Gasteiger partial charge is 0.345 e. The Morgan fingerprint density at radius 2 is 1.54 bits per heavy atom. The molecule has 0 aliphatic carbocycles. The van der Waals surface area contributed by atoms with Crippen molar-refractivity contribution < 1.29 is 28.3 Å². The van der Waals surface area contributed by atoms with Crippen molar-refractivity contribution >= 4 is 13.6 Å². The zero-order chi connectivity index (χ0) is 19.1. The molecule has 0 aromatic heterocycles. The molecule has 0 aliphatic rings. The van der Waals surface area contributed by atoms with Crippen LogP contribution in [-0.2, 0) is 23.1 Å². The molecule has 0 bridgehead atoms. The van der Waals surface area contributed by atoms with Crippen molar-refractivity contribution in [3.05, 3.63) is 0 Å². The van der Waals surface area contributed by atoms with Crippen LogP contribution >= 0.6 is 7.60 Å². The van der Waals surface area contributed by atoms with Crippen molar-refractivity contribution in [2.75, 3.05) is 13.2 Å². The van der Waals surface area contributed by atoms with Crippen LogP contribution in [0.25, 0.3) is 0 Å². The van der Waals surface area contributed by atoms with Crippen molar-refractivity contribution in [1.82, 2.24) is 0 Å². The molecule has 0 saturated heterocycles. The molecule has 0 radical (unpaired) electrons. The van der Waals surface area contributed by atoms with Crippen LogP contribution in [0.5, 0.6) is 0 Å². The third-order valence-electron chi connectivity index (χ3n) is 3.48. The van der Waals surface area contributed by atoms with E-state index in [2.05, 4.69) is 0 Å². The second kappa shape index (κ2) is 9.91. The van der Waals surface area contributed by atoms with Crippen molar-refractivity contribution in [1.29, 1.82) is 0 Å². The lowest BCUT2D eigenvalue weighted by Gasteiger charge is -2.35. The van der Waals surface area contributed by atoms with Gasteiger partial charge < -0.3 is 18.9 Å². The highest BCUT2D eigenvalue weighted by Crippen LogP contribution is 2.57. The van der Waals surface area contributed by atoms with Crippen LogP contribution < -0.4 is 0 Å². The minimum atomic E-state index is -3.72. The second-order valence-electron chi connectivity index (χ2n) is 7.35. The predicted octanol–water partition coefficient (Wildman–Crippen LogP) is 4.01. The van der Waals surface area contributed by atoms with Gasteiger partial charge in [0.25, 0.3) is 0 Å². The van der Waals surface area contributed by atoms with Gasteiger partial charge in [-0.25, -0.2) is 0 Å². The van der Waals surface area contributed by atoms with E-state index >= 15 is 0 Å². The zero-order valence-corrected chi connectivity index (χ0v) is 17.3. The number of carbonyl (C=O) groups excluding carboxylic acids is 1. The average molecular weight is 366 g/mol. The molecule has 0 amide bonds. The van der Waals surface area contributed by atoms with Crippen LogP contribution in [0.3, 0.4) is 0 Å². The lowest BCUT2D eigenvalue weighted by atomic mass is 9.87. The number of hydrogen-bond donors (Lipinski definition) is 1. The number of aliphatic hydroxyl groups excluding tert-OH is 1. The molecule has 24 heavy (non-hydrogen) atoms. The van der Waals surface area contributed by atoms with Gasteiger partial charge in [0.1, 0.15) is 5.60 Å². The maximum atomic E-state index is 13.3. The molecule has 3 unspecified atom stereocenters. The molecule has 0 aromatic carbocycles. The molecule has 0 aromatic rings. The van der Waals surface area contributed by atoms with E-state index < -0.39 is 30.9 Å². The summed E-state index contributed by atoms with van der Waals surface area (Å²) < 4.78 is 29.7. The van der Waals surface area contributed by atoms with Crippen LogP contribution in [0, 0.1) is 11.8 Å². The fourth-order valence-corrected chi connectivity index (χ4v) is 4.98. The van der Waals surface area contributed by atoms with Gasteiger partial charge in [-0.1, -0.05) is 13.8 Å². The summed E-state index contributed by atoms with van der Waals surface area (Å²) in [5.74, 6) is -0.998. The van der Waals surface area contributed by atoms with Crippen molar-refractivity contribution in [2.24, 2.45) is 11.8 Å². The van der Waals surface area contributed by atoms with E-state index in [9.17, 15) is 14.5 Å². The average Bonchev–Trinajstić information content (AvgIpc) is 2.35. The number of carbonyl (C=O) groups is 1. The fourth-order valence-electron chi connectivity index (χ4n) is 2.62. The van der Waals surface area contributed by atoms with Crippen LogP contribution in [0.1, 0.15) is 61.8 Å². The summed E-state index contributed by atoms with van der Waals surface area (Å²) in [5.41, 5.74) is -1.78. The molecule has 144 valence electrons. The Hall–Kier alpha value is -0.420. The third kappa shape index (κ3) is 7.64. The number of esters is 1. The lowest BCUT2D eigenvalue weighted by molar-refractivity contribution is -0.156. The summed E-state index contributed by atoms with van der Waals surface area (Å²) in [6, 6.07) is 0. The Bertz CT molecular complexity index is 417. The van der Waals surface area contributed by atoms with Crippen molar-refractivity contribution in [2.45, 2.75) is 79.2 Å². The molecule has 0 fully saturated rings. The summed E-state index contributed by atoms with van der Waals surface area (Å²) in [4.78, 5) is 12.8. The lowest BCUT2D eigenvalue weighted by Crippen LogP contribution is -2.40. The number of aliphatic hydroxyl groups is 1. The summed E-state index contributed by atoms with van der Waals surface area (Å²) in [7, 11) is -3.72. The quantitative estimate of drug-likeness (QED) is 0.465. The molecule has 1 N–H and O–H groups in total. The van der Waals surface area contributed by atoms with Crippen LogP contribution in [0.2, 0.25) is 0 Å². The summed E-state index contributed by atoms with van der Waals surface area (Å²) in [6.07, 6.45) is -0.329. The van der Waals surface area contributed by atoms with Crippen LogP contribution in [0.4, 0.5) is 0 Å². The van der Waals surface area contributed by atoms with E-state index in [4.69, 9.17) is 13.8 Å². The molecule has 6 nitrogen and oxygen atoms in total. The van der Waals surface area contributed by atoms with E-state index in [1.54, 1.807) is 41.5 Å². The van der Waals surface area contributed by atoms with Gasteiger partial charge in [-0.2, -0.15) is 0 Å². The minimum absolute atomic E-state index is 0.00800. The first kappa shape index (κ1) is 23.6. The topological polar surface area (TPSA) is 82.1 Å². The molecule has 0 rings (SSSR count). The van der Waals surface area contributed by atoms with E-state index in [-0.39, 0.29) is 25.0 Å². The molecular weight excluding hydrogens is 331 g/mol. The Morgan fingerprint density at radius 1 is 1.08 bits per heavy atom. The molecule has 3 atom stereocenters. The predicted molar refractivity (Wildman–Crippen MR) is 95.1 cm³/mol. The van der Waals surface area contributed by atoms with Crippen molar-refractivity contribution in [3.8, 4) is 0 Å². The summed E-state index contributed by atoms with van der Waals surface area (Å²) in [6.45, 7) is 14.5. The Morgan fingerprint density at radius 3 is 1.83 bits per heavy atom. The standard InChI is InChI=1S/C17H35O6P/c1-9-21-24(20,22-10-2)15(16(19)23-17(6,7)8)14(12(3)4)11-13(5)18/h12-15,18H,9-11H2,1-8H3. The van der Waals surface area contributed by atoms with Gasteiger partial charge in [0, 0.05) is 0 Å². The monoisotopic (exact) mass is 366 g/mol. The largest absolute Gasteiger partial charge is 0.459 e. The second-order valence-corrected chi connectivity index (χ2v) is 9.50. The van der Waals surface area contributed by atoms with Gasteiger partial charge in [-0.05, 0) is 59.8 Å². The molecule has 0 spiro atoms. The van der Waals surface area contributed by atoms with Gasteiger partial charge in [-0.3, -0.25) is 9.36 Å². The third-order valence-corrected chi connectivity index (χ3v) is 5.99. The molecule has 0 heterocycles. The number of hydrogen-bond acceptors (Lipinski definition) is 6. The molecule has 7 heteroatoms. The Labute approximate surface area is 146 Å². The van der Waals surface area contributed by atoms with E-state index in [0.29, 0.717) is 6.42 Å². The van der Waals surface area contributed by atoms with E-state index in [0.717, 1.165) is 0 Å². The molecule has 0 aliphatic heterocycles. The number of rotatable bonds is 10. The minimum Gasteiger partial charge on any atom is -0.459 e. The maximum Gasteiger partial charge on any atom is 0.345 e. The van der Waals surface area contributed by atoms with Gasteiger partial charge in [-0.15, -0.1) is 0 Å². The first-order valence-electron chi connectivity index (χ1n) is 8.67. The van der Waals surface area contributed by atoms with Gasteiger partial charge >= 0.3 is 13.6 Å². The highest BCUT2D eigenvalue weighted by molar-refractivity contribution is 7.55. The van der Waals surface area contributed by atoms with Crippen molar-refractivity contribution in [3.63, 3.8) is 0 Å². The van der Waals surface area contributed by atoms with Gasteiger partial charge in [0.05, 0.1) is 19.3 Å². The fraction of sp³-hybridized carbons (Fsp3) is 0.941. The van der Waals surface area contributed by atoms with E-state index in [1.807, 2.05) is 13.8 Å². The Balaban J connectivity index is 5.95. The zero-order valence-electron chi connectivity index (χ0n) is 16.4. The normalized spacial score (nSPS) is 16.8. The Kier molecular flexibility index (Phi) is 9.73. The SMILES string of the molecule is CCOP(=O)(OCC)C(C(=O)OC(C)(C)C)C(CC(C)O)C(C)C. The first-order chi connectivity index (χ1) is 10.9. The summed E-state index contributed by atoms with van der Waals surface area (Å²) >= 11 is 0. The molecular formula is C17H35O6P. The highest BCUT2D eigenvalue weighted by Gasteiger charge is 2.49. The molecule has 0 saturated carbocycles. The van der Waals surface area contributed by atoms with E-state index in [1.165, 1.54) is 0 Å². The summed E-state index contributed by atoms with van der Waals surface area (Å²) in [5, 5.41) is 9.84. The highest BCUT2D eigenvalue weighted by atomic mass is 31.2. The van der Waals surface area contributed by atoms with Gasteiger partial charge in [0.2, 0.25) is 0 Å². The maximum absolute atomic E-state index is 13.3.